The van der Waals surface area contributed by atoms with Gasteiger partial charge in [-0.25, -0.2) is 12.4 Å². The minimum atomic E-state index is -3.67. The Morgan fingerprint density at radius 2 is 1.57 bits per heavy atom. The Morgan fingerprint density at radius 1 is 0.913 bits per heavy atom. The summed E-state index contributed by atoms with van der Waals surface area (Å²) >= 11 is 0. The third-order valence-corrected chi connectivity index (χ3v) is 5.57. The van der Waals surface area contributed by atoms with Crippen LogP contribution < -0.4 is 0 Å². The fourth-order valence-electron chi connectivity index (χ4n) is 2.81. The number of rotatable bonds is 3. The SMILES string of the molecule is O=S(=O)(c1ccccc1)n1cc(C2OCCO2)c2ccccc21. The number of aromatic nitrogens is 1. The lowest BCUT2D eigenvalue weighted by Crippen LogP contribution is -2.11. The molecule has 0 amide bonds. The molecule has 5 nitrogen and oxygen atoms in total. The Labute approximate surface area is 134 Å². The topological polar surface area (TPSA) is 57.5 Å². The van der Waals surface area contributed by atoms with Crippen molar-refractivity contribution in [1.82, 2.24) is 3.97 Å². The lowest BCUT2D eigenvalue weighted by atomic mass is 10.2. The third kappa shape index (κ3) is 2.35. The predicted molar refractivity (Wildman–Crippen MR) is 85.6 cm³/mol. The number of fused-ring (bicyclic) bond motifs is 1. The van der Waals surface area contributed by atoms with E-state index in [1.807, 2.05) is 18.2 Å². The largest absolute Gasteiger partial charge is 0.346 e. The van der Waals surface area contributed by atoms with Gasteiger partial charge in [-0.15, -0.1) is 0 Å². The summed E-state index contributed by atoms with van der Waals surface area (Å²) in [6.45, 7) is 1.02. The molecule has 118 valence electrons. The summed E-state index contributed by atoms with van der Waals surface area (Å²) in [7, 11) is -3.67. The lowest BCUT2D eigenvalue weighted by molar-refractivity contribution is -0.0430. The van der Waals surface area contributed by atoms with Crippen LogP contribution >= 0.6 is 0 Å². The normalized spacial score (nSPS) is 16.2. The van der Waals surface area contributed by atoms with E-state index in [0.29, 0.717) is 18.7 Å². The number of para-hydroxylation sites is 1. The summed E-state index contributed by atoms with van der Waals surface area (Å²) < 4.78 is 38.3. The first kappa shape index (κ1) is 14.4. The standard InChI is InChI=1S/C17H15NO4S/c19-23(20,13-6-2-1-3-7-13)18-12-15(17-21-10-11-22-17)14-8-4-5-9-16(14)18/h1-9,12,17H,10-11H2. The Morgan fingerprint density at radius 3 is 2.30 bits per heavy atom. The van der Waals surface area contributed by atoms with Crippen molar-refractivity contribution in [3.05, 3.63) is 66.4 Å². The van der Waals surface area contributed by atoms with Crippen molar-refractivity contribution >= 4 is 20.9 Å². The van der Waals surface area contributed by atoms with Crippen molar-refractivity contribution in [3.8, 4) is 0 Å². The molecule has 1 aliphatic heterocycles. The van der Waals surface area contributed by atoms with E-state index in [4.69, 9.17) is 9.47 Å². The fraction of sp³-hybridized carbons (Fsp3) is 0.176. The maximum atomic E-state index is 13.0. The summed E-state index contributed by atoms with van der Waals surface area (Å²) in [5.74, 6) is 0. The van der Waals surface area contributed by atoms with Crippen LogP contribution in [-0.2, 0) is 19.5 Å². The van der Waals surface area contributed by atoms with Crippen molar-refractivity contribution in [2.24, 2.45) is 0 Å². The predicted octanol–water partition coefficient (Wildman–Crippen LogP) is 2.92. The first-order chi connectivity index (χ1) is 11.2. The average Bonchev–Trinajstić information content (AvgIpc) is 3.23. The van der Waals surface area contributed by atoms with Gasteiger partial charge in [-0.3, -0.25) is 0 Å². The summed E-state index contributed by atoms with van der Waals surface area (Å²) in [6, 6.07) is 15.8. The first-order valence-electron chi connectivity index (χ1n) is 7.32. The zero-order chi connectivity index (χ0) is 15.9. The van der Waals surface area contributed by atoms with E-state index in [-0.39, 0.29) is 4.90 Å². The van der Waals surface area contributed by atoms with Crippen LogP contribution in [0.3, 0.4) is 0 Å². The number of benzene rings is 2. The molecule has 2 heterocycles. The third-order valence-electron chi connectivity index (χ3n) is 3.88. The van der Waals surface area contributed by atoms with Crippen LogP contribution in [0.4, 0.5) is 0 Å². The monoisotopic (exact) mass is 329 g/mol. The van der Waals surface area contributed by atoms with Gasteiger partial charge < -0.3 is 9.47 Å². The van der Waals surface area contributed by atoms with Gasteiger partial charge in [0.25, 0.3) is 10.0 Å². The second-order valence-corrected chi connectivity index (χ2v) is 7.10. The molecule has 0 saturated carbocycles. The van der Waals surface area contributed by atoms with Crippen LogP contribution in [0.15, 0.2) is 65.7 Å². The minimum absolute atomic E-state index is 0.251. The molecule has 0 atom stereocenters. The molecule has 2 aromatic carbocycles. The molecular weight excluding hydrogens is 314 g/mol. The maximum absolute atomic E-state index is 13.0. The molecule has 23 heavy (non-hydrogen) atoms. The molecule has 1 aliphatic rings. The van der Waals surface area contributed by atoms with Crippen LogP contribution in [-0.4, -0.2) is 25.6 Å². The average molecular weight is 329 g/mol. The molecule has 6 heteroatoms. The fourth-order valence-corrected chi connectivity index (χ4v) is 4.20. The lowest BCUT2D eigenvalue weighted by Gasteiger charge is -2.07. The molecule has 0 spiro atoms. The maximum Gasteiger partial charge on any atom is 0.268 e. The van der Waals surface area contributed by atoms with Gasteiger partial charge in [-0.1, -0.05) is 36.4 Å². The molecule has 4 rings (SSSR count). The second kappa shape index (κ2) is 5.49. The van der Waals surface area contributed by atoms with Gasteiger partial charge in [0.15, 0.2) is 6.29 Å². The Bertz CT molecular complexity index is 941. The number of hydrogen-bond acceptors (Lipinski definition) is 4. The van der Waals surface area contributed by atoms with Crippen molar-refractivity contribution < 1.29 is 17.9 Å². The molecule has 0 aliphatic carbocycles. The van der Waals surface area contributed by atoms with E-state index in [9.17, 15) is 8.42 Å². The minimum Gasteiger partial charge on any atom is -0.346 e. The quantitative estimate of drug-likeness (QED) is 0.741. The highest BCUT2D eigenvalue weighted by molar-refractivity contribution is 7.90. The Hall–Kier alpha value is -2.15. The Kier molecular flexibility index (Phi) is 3.45. The van der Waals surface area contributed by atoms with E-state index in [0.717, 1.165) is 10.9 Å². The van der Waals surface area contributed by atoms with Crippen molar-refractivity contribution in [2.45, 2.75) is 11.2 Å². The first-order valence-corrected chi connectivity index (χ1v) is 8.76. The molecule has 0 radical (unpaired) electrons. The zero-order valence-electron chi connectivity index (χ0n) is 12.3. The van der Waals surface area contributed by atoms with E-state index >= 15 is 0 Å². The highest BCUT2D eigenvalue weighted by Gasteiger charge is 2.27. The highest BCUT2D eigenvalue weighted by atomic mass is 32.2. The number of nitrogens with zero attached hydrogens (tertiary/aromatic N) is 1. The van der Waals surface area contributed by atoms with Crippen LogP contribution in [0.25, 0.3) is 10.9 Å². The van der Waals surface area contributed by atoms with Crippen LogP contribution in [0.2, 0.25) is 0 Å². The molecule has 1 saturated heterocycles. The van der Waals surface area contributed by atoms with E-state index in [1.54, 1.807) is 42.6 Å². The molecule has 0 unspecified atom stereocenters. The van der Waals surface area contributed by atoms with Gasteiger partial charge >= 0.3 is 0 Å². The number of ether oxygens (including phenoxy) is 2. The summed E-state index contributed by atoms with van der Waals surface area (Å²) in [5.41, 5.74) is 1.35. The van der Waals surface area contributed by atoms with Crippen LogP contribution in [0.5, 0.6) is 0 Å². The van der Waals surface area contributed by atoms with Gasteiger partial charge in [0.2, 0.25) is 0 Å². The van der Waals surface area contributed by atoms with Crippen molar-refractivity contribution in [2.75, 3.05) is 13.2 Å². The number of hydrogen-bond donors (Lipinski definition) is 0. The Balaban J connectivity index is 1.94. The second-order valence-electron chi connectivity index (χ2n) is 5.29. The zero-order valence-corrected chi connectivity index (χ0v) is 13.1. The van der Waals surface area contributed by atoms with Gasteiger partial charge in [-0.2, -0.15) is 0 Å². The van der Waals surface area contributed by atoms with Crippen molar-refractivity contribution in [3.63, 3.8) is 0 Å². The highest BCUT2D eigenvalue weighted by Crippen LogP contribution is 2.33. The van der Waals surface area contributed by atoms with Crippen molar-refractivity contribution in [1.29, 1.82) is 0 Å². The van der Waals surface area contributed by atoms with Gasteiger partial charge in [-0.05, 0) is 18.2 Å². The smallest absolute Gasteiger partial charge is 0.268 e. The van der Waals surface area contributed by atoms with Gasteiger partial charge in [0.05, 0.1) is 23.6 Å². The van der Waals surface area contributed by atoms with Gasteiger partial charge in [0, 0.05) is 17.1 Å². The van der Waals surface area contributed by atoms with Crippen LogP contribution in [0.1, 0.15) is 11.9 Å². The van der Waals surface area contributed by atoms with Crippen LogP contribution in [0, 0.1) is 0 Å². The van der Waals surface area contributed by atoms with E-state index in [1.165, 1.54) is 3.97 Å². The molecule has 0 bridgehead atoms. The summed E-state index contributed by atoms with van der Waals surface area (Å²) in [5, 5.41) is 0.818. The molecule has 0 N–H and O–H groups in total. The van der Waals surface area contributed by atoms with E-state index < -0.39 is 16.3 Å². The van der Waals surface area contributed by atoms with E-state index in [2.05, 4.69) is 0 Å². The van der Waals surface area contributed by atoms with Gasteiger partial charge in [0.1, 0.15) is 0 Å². The summed E-state index contributed by atoms with van der Waals surface area (Å²) in [6.07, 6.45) is 1.08. The molecule has 3 aromatic rings. The molecule has 1 fully saturated rings. The molecule has 1 aromatic heterocycles. The molecular formula is C17H15NO4S. The summed E-state index contributed by atoms with van der Waals surface area (Å²) in [4.78, 5) is 0.251.